The molecular formula is C18H27N3O3. The van der Waals surface area contributed by atoms with Gasteiger partial charge in [-0.15, -0.1) is 0 Å². The Morgan fingerprint density at radius 2 is 1.92 bits per heavy atom. The minimum Gasteiger partial charge on any atom is -0.454 e. The number of hydrogen-bond donors (Lipinski definition) is 1. The highest BCUT2D eigenvalue weighted by molar-refractivity contribution is 5.82. The van der Waals surface area contributed by atoms with Gasteiger partial charge in [-0.05, 0) is 23.6 Å². The zero-order chi connectivity index (χ0) is 17.1. The summed E-state index contributed by atoms with van der Waals surface area (Å²) in [6.07, 6.45) is 0.928. The van der Waals surface area contributed by atoms with E-state index in [4.69, 9.17) is 15.2 Å². The minimum absolute atomic E-state index is 0.0899. The van der Waals surface area contributed by atoms with Gasteiger partial charge in [-0.25, -0.2) is 0 Å². The van der Waals surface area contributed by atoms with E-state index in [2.05, 4.69) is 17.9 Å². The van der Waals surface area contributed by atoms with Crippen LogP contribution in [0.3, 0.4) is 0 Å². The Hall–Kier alpha value is -1.79. The summed E-state index contributed by atoms with van der Waals surface area (Å²) in [5, 5.41) is 0. The molecule has 1 saturated heterocycles. The van der Waals surface area contributed by atoms with Crippen LogP contribution in [0, 0.1) is 5.92 Å². The number of amides is 1. The largest absolute Gasteiger partial charge is 0.454 e. The third-order valence-electron chi connectivity index (χ3n) is 5.07. The topological polar surface area (TPSA) is 68.0 Å². The number of carbonyl (C=O) groups is 1. The van der Waals surface area contributed by atoms with Crippen molar-refractivity contribution >= 4 is 5.91 Å². The summed E-state index contributed by atoms with van der Waals surface area (Å²) in [6.45, 7) is 8.49. The van der Waals surface area contributed by atoms with Crippen LogP contribution in [0.4, 0.5) is 0 Å². The highest BCUT2D eigenvalue weighted by atomic mass is 16.7. The molecule has 2 heterocycles. The van der Waals surface area contributed by atoms with Crippen molar-refractivity contribution in [3.05, 3.63) is 23.8 Å². The molecule has 1 amide bonds. The minimum atomic E-state index is -0.379. The summed E-state index contributed by atoms with van der Waals surface area (Å²) in [5.41, 5.74) is 7.29. The van der Waals surface area contributed by atoms with Gasteiger partial charge in [-0.3, -0.25) is 9.69 Å². The maximum atomic E-state index is 12.4. The predicted molar refractivity (Wildman–Crippen MR) is 91.9 cm³/mol. The van der Waals surface area contributed by atoms with Gasteiger partial charge in [0.2, 0.25) is 12.7 Å². The maximum absolute atomic E-state index is 12.4. The fraction of sp³-hybridized carbons (Fsp3) is 0.611. The Kier molecular flexibility index (Phi) is 5.26. The van der Waals surface area contributed by atoms with Gasteiger partial charge in [-0.1, -0.05) is 26.3 Å². The molecule has 1 aromatic rings. The van der Waals surface area contributed by atoms with Crippen LogP contribution in [0.25, 0.3) is 0 Å². The van der Waals surface area contributed by atoms with Crippen LogP contribution in [0.1, 0.15) is 25.8 Å². The van der Waals surface area contributed by atoms with Gasteiger partial charge in [0.25, 0.3) is 0 Å². The van der Waals surface area contributed by atoms with Crippen molar-refractivity contribution in [2.24, 2.45) is 11.7 Å². The molecule has 6 nitrogen and oxygen atoms in total. The van der Waals surface area contributed by atoms with Crippen LogP contribution in [0.2, 0.25) is 0 Å². The van der Waals surface area contributed by atoms with E-state index >= 15 is 0 Å². The standard InChI is InChI=1S/C18H27N3O3/c1-3-13(2)17(19)18(22)21-8-6-20(7-9-21)11-14-4-5-15-16(10-14)24-12-23-15/h4-5,10,13,17H,3,6-9,11-12,19H2,1-2H3. The van der Waals surface area contributed by atoms with Crippen LogP contribution >= 0.6 is 0 Å². The van der Waals surface area contributed by atoms with E-state index in [-0.39, 0.29) is 17.9 Å². The molecule has 2 atom stereocenters. The quantitative estimate of drug-likeness (QED) is 0.883. The predicted octanol–water partition coefficient (Wildman–Crippen LogP) is 1.43. The Morgan fingerprint density at radius 1 is 1.21 bits per heavy atom. The van der Waals surface area contributed by atoms with Crippen LogP contribution in [-0.4, -0.2) is 54.7 Å². The number of piperazine rings is 1. The highest BCUT2D eigenvalue weighted by Crippen LogP contribution is 2.32. The SMILES string of the molecule is CCC(C)C(N)C(=O)N1CCN(Cc2ccc3c(c2)OCO3)CC1. The van der Waals surface area contributed by atoms with Crippen molar-refractivity contribution in [1.82, 2.24) is 9.80 Å². The molecule has 132 valence electrons. The van der Waals surface area contributed by atoms with Gasteiger partial charge in [0.05, 0.1) is 6.04 Å². The lowest BCUT2D eigenvalue weighted by Gasteiger charge is -2.36. The third kappa shape index (κ3) is 3.65. The second kappa shape index (κ2) is 7.40. The molecule has 0 saturated carbocycles. The van der Waals surface area contributed by atoms with Gasteiger partial charge >= 0.3 is 0 Å². The van der Waals surface area contributed by atoms with Crippen LogP contribution in [-0.2, 0) is 11.3 Å². The number of ether oxygens (including phenoxy) is 2. The smallest absolute Gasteiger partial charge is 0.239 e. The first-order valence-electron chi connectivity index (χ1n) is 8.73. The number of fused-ring (bicyclic) bond motifs is 1. The molecule has 1 aromatic carbocycles. The molecule has 2 unspecified atom stereocenters. The molecule has 0 aliphatic carbocycles. The number of carbonyl (C=O) groups excluding carboxylic acids is 1. The zero-order valence-electron chi connectivity index (χ0n) is 14.5. The van der Waals surface area contributed by atoms with Gasteiger partial charge in [0.15, 0.2) is 11.5 Å². The average molecular weight is 333 g/mol. The second-order valence-corrected chi connectivity index (χ2v) is 6.70. The van der Waals surface area contributed by atoms with E-state index < -0.39 is 0 Å². The van der Waals surface area contributed by atoms with Crippen molar-refractivity contribution in [2.45, 2.75) is 32.9 Å². The summed E-state index contributed by atoms with van der Waals surface area (Å²) in [4.78, 5) is 16.7. The molecule has 0 spiro atoms. The Bertz CT molecular complexity index is 585. The maximum Gasteiger partial charge on any atom is 0.239 e. The van der Waals surface area contributed by atoms with Gasteiger partial charge in [-0.2, -0.15) is 0 Å². The fourth-order valence-corrected chi connectivity index (χ4v) is 3.13. The van der Waals surface area contributed by atoms with Crippen molar-refractivity contribution in [3.63, 3.8) is 0 Å². The van der Waals surface area contributed by atoms with Crippen molar-refractivity contribution in [3.8, 4) is 11.5 Å². The summed E-state index contributed by atoms with van der Waals surface area (Å²) >= 11 is 0. The summed E-state index contributed by atoms with van der Waals surface area (Å²) in [5.74, 6) is 1.95. The van der Waals surface area contributed by atoms with Crippen molar-refractivity contribution in [1.29, 1.82) is 0 Å². The Morgan fingerprint density at radius 3 is 2.62 bits per heavy atom. The molecular weight excluding hydrogens is 306 g/mol. The molecule has 2 N–H and O–H groups in total. The zero-order valence-corrected chi connectivity index (χ0v) is 14.5. The summed E-state index contributed by atoms with van der Waals surface area (Å²) < 4.78 is 10.8. The lowest BCUT2D eigenvalue weighted by molar-refractivity contribution is -0.135. The van der Waals surface area contributed by atoms with E-state index in [1.807, 2.05) is 24.0 Å². The monoisotopic (exact) mass is 333 g/mol. The Labute approximate surface area is 143 Å². The molecule has 1 fully saturated rings. The van der Waals surface area contributed by atoms with Crippen molar-refractivity contribution in [2.75, 3.05) is 33.0 Å². The third-order valence-corrected chi connectivity index (χ3v) is 5.07. The second-order valence-electron chi connectivity index (χ2n) is 6.70. The first-order chi connectivity index (χ1) is 11.6. The lowest BCUT2D eigenvalue weighted by Crippen LogP contribution is -2.54. The van der Waals surface area contributed by atoms with E-state index in [0.29, 0.717) is 6.79 Å². The summed E-state index contributed by atoms with van der Waals surface area (Å²) in [7, 11) is 0. The van der Waals surface area contributed by atoms with E-state index in [1.54, 1.807) is 0 Å². The van der Waals surface area contributed by atoms with Gasteiger partial charge in [0.1, 0.15) is 0 Å². The average Bonchev–Trinajstić information content (AvgIpc) is 3.08. The van der Waals surface area contributed by atoms with E-state index in [9.17, 15) is 4.79 Å². The molecule has 0 radical (unpaired) electrons. The first-order valence-corrected chi connectivity index (χ1v) is 8.73. The Balaban J connectivity index is 1.51. The number of hydrogen-bond acceptors (Lipinski definition) is 5. The highest BCUT2D eigenvalue weighted by Gasteiger charge is 2.28. The molecule has 2 aliphatic heterocycles. The van der Waals surface area contributed by atoms with E-state index in [0.717, 1.165) is 50.6 Å². The number of benzene rings is 1. The van der Waals surface area contributed by atoms with Gasteiger partial charge < -0.3 is 20.1 Å². The molecule has 0 aromatic heterocycles. The van der Waals surface area contributed by atoms with Crippen LogP contribution in [0.15, 0.2) is 18.2 Å². The molecule has 3 rings (SSSR count). The molecule has 0 bridgehead atoms. The van der Waals surface area contributed by atoms with Gasteiger partial charge in [0, 0.05) is 32.7 Å². The van der Waals surface area contributed by atoms with E-state index in [1.165, 1.54) is 5.56 Å². The molecule has 2 aliphatic rings. The fourth-order valence-electron chi connectivity index (χ4n) is 3.13. The molecule has 24 heavy (non-hydrogen) atoms. The number of rotatable bonds is 5. The normalized spacial score (nSPS) is 20.0. The number of nitrogens with zero attached hydrogens (tertiary/aromatic N) is 2. The molecule has 6 heteroatoms. The van der Waals surface area contributed by atoms with Crippen LogP contribution < -0.4 is 15.2 Å². The first kappa shape index (κ1) is 17.0. The number of nitrogens with two attached hydrogens (primary N) is 1. The summed E-state index contributed by atoms with van der Waals surface area (Å²) in [6, 6.07) is 5.70. The van der Waals surface area contributed by atoms with Crippen LogP contribution in [0.5, 0.6) is 11.5 Å². The lowest BCUT2D eigenvalue weighted by atomic mass is 9.98. The van der Waals surface area contributed by atoms with Crippen molar-refractivity contribution < 1.29 is 14.3 Å².